The number of allylic oxidation sites excluding steroid dienone is 2. The van der Waals surface area contributed by atoms with Crippen LogP contribution < -0.4 is 0 Å². The van der Waals surface area contributed by atoms with E-state index in [1.165, 1.54) is 70.6 Å². The maximum absolute atomic E-state index is 6.62. The average Bonchev–Trinajstić information content (AvgIpc) is 3.10. The van der Waals surface area contributed by atoms with Gasteiger partial charge in [0.05, 0.1) is 0 Å². The molecule has 0 amide bonds. The van der Waals surface area contributed by atoms with Crippen LogP contribution in [0.25, 0.3) is 0 Å². The van der Waals surface area contributed by atoms with E-state index in [-0.39, 0.29) is 0 Å². The summed E-state index contributed by atoms with van der Waals surface area (Å²) in [6, 6.07) is 0. The van der Waals surface area contributed by atoms with Crippen LogP contribution in [-0.2, 0) is 4.43 Å². The van der Waals surface area contributed by atoms with E-state index in [0.717, 1.165) is 41.4 Å². The van der Waals surface area contributed by atoms with Gasteiger partial charge in [-0.25, -0.2) is 0 Å². The fourth-order valence-corrected chi connectivity index (χ4v) is 11.0. The summed E-state index contributed by atoms with van der Waals surface area (Å²) in [6.45, 7) is 22.4. The first kappa shape index (κ1) is 27.0. The summed E-state index contributed by atoms with van der Waals surface area (Å²) >= 11 is 0. The Balaban J connectivity index is 1.46. The van der Waals surface area contributed by atoms with E-state index in [0.29, 0.717) is 16.9 Å². The highest BCUT2D eigenvalue weighted by Gasteiger charge is 2.58. The molecule has 0 N–H and O–H groups in total. The van der Waals surface area contributed by atoms with Crippen molar-refractivity contribution in [2.45, 2.75) is 138 Å². The topological polar surface area (TPSA) is 9.23 Å². The lowest BCUT2D eigenvalue weighted by atomic mass is 9.47. The van der Waals surface area contributed by atoms with E-state index in [1.807, 2.05) is 5.57 Å². The van der Waals surface area contributed by atoms with Crippen molar-refractivity contribution in [1.82, 2.24) is 0 Å². The van der Waals surface area contributed by atoms with Crippen LogP contribution in [0.15, 0.2) is 11.6 Å². The molecule has 34 heavy (non-hydrogen) atoms. The minimum Gasteiger partial charge on any atom is -0.415 e. The first-order valence-electron chi connectivity index (χ1n) is 15.3. The molecule has 4 rings (SSSR count). The van der Waals surface area contributed by atoms with Crippen LogP contribution in [-0.4, -0.2) is 14.4 Å². The number of hydrogen-bond acceptors (Lipinski definition) is 1. The number of hydrogen-bond donors (Lipinski definition) is 0. The minimum atomic E-state index is -1.44. The van der Waals surface area contributed by atoms with Crippen molar-refractivity contribution in [3.8, 4) is 0 Å². The molecule has 0 aliphatic heterocycles. The summed E-state index contributed by atoms with van der Waals surface area (Å²) in [7, 11) is -1.44. The molecule has 3 saturated carbocycles. The highest BCUT2D eigenvalue weighted by molar-refractivity contribution is 6.69. The van der Waals surface area contributed by atoms with Crippen LogP contribution in [0.1, 0.15) is 112 Å². The van der Waals surface area contributed by atoms with Crippen LogP contribution >= 0.6 is 0 Å². The van der Waals surface area contributed by atoms with Gasteiger partial charge in [0.15, 0.2) is 8.32 Å². The van der Waals surface area contributed by atoms with Crippen molar-refractivity contribution in [1.29, 1.82) is 0 Å². The molecule has 4 aliphatic carbocycles. The second-order valence-electron chi connectivity index (χ2n) is 15.1. The molecule has 0 radical (unpaired) electrons. The van der Waals surface area contributed by atoms with Crippen LogP contribution in [0, 0.1) is 52.3 Å². The summed E-state index contributed by atoms with van der Waals surface area (Å²) < 4.78 is 6.62. The standard InChI is InChI=1S/C32H58OSi/c1-10-24(22(2)3)12-11-23(4)28-15-16-29-27-14-13-25-21-26(33-34(7,8)9)17-19-31(25,5)30(27)18-20-32(28,29)6/h14,22-26,28-30H,10-13,15-21H2,1-9H3/t23-,24-,25+,26+,28-,29?,30?,31+,32-/m1/s1. The van der Waals surface area contributed by atoms with Gasteiger partial charge < -0.3 is 4.43 Å². The monoisotopic (exact) mass is 486 g/mol. The Labute approximate surface area is 214 Å². The number of fused-ring (bicyclic) bond motifs is 5. The van der Waals surface area contributed by atoms with Gasteiger partial charge in [0.1, 0.15) is 0 Å². The molecule has 0 spiro atoms. The molecule has 0 saturated heterocycles. The summed E-state index contributed by atoms with van der Waals surface area (Å²) in [6.07, 6.45) is 18.8. The third-order valence-electron chi connectivity index (χ3n) is 11.8. The summed E-state index contributed by atoms with van der Waals surface area (Å²) in [5.74, 6) is 6.17. The fraction of sp³-hybridized carbons (Fsp3) is 0.938. The van der Waals surface area contributed by atoms with Crippen LogP contribution in [0.3, 0.4) is 0 Å². The molecule has 2 unspecified atom stereocenters. The van der Waals surface area contributed by atoms with Crippen molar-refractivity contribution in [3.63, 3.8) is 0 Å². The van der Waals surface area contributed by atoms with E-state index in [2.05, 4.69) is 67.3 Å². The zero-order valence-corrected chi connectivity index (χ0v) is 25.4. The molecule has 0 heterocycles. The van der Waals surface area contributed by atoms with Gasteiger partial charge in [-0.2, -0.15) is 0 Å². The second kappa shape index (κ2) is 10.00. The van der Waals surface area contributed by atoms with Crippen molar-refractivity contribution in [2.24, 2.45) is 52.3 Å². The summed E-state index contributed by atoms with van der Waals surface area (Å²) in [5, 5.41) is 0. The van der Waals surface area contributed by atoms with E-state index in [1.54, 1.807) is 0 Å². The molecule has 0 aromatic heterocycles. The Morgan fingerprint density at radius 1 is 0.941 bits per heavy atom. The highest BCUT2D eigenvalue weighted by Crippen LogP contribution is 2.67. The lowest BCUT2D eigenvalue weighted by Crippen LogP contribution is -2.50. The first-order valence-corrected chi connectivity index (χ1v) is 18.7. The largest absolute Gasteiger partial charge is 0.415 e. The van der Waals surface area contributed by atoms with E-state index >= 15 is 0 Å². The molecule has 4 aliphatic rings. The molecule has 0 aromatic carbocycles. The fourth-order valence-electron chi connectivity index (χ4n) is 9.74. The van der Waals surface area contributed by atoms with Gasteiger partial charge in [-0.05, 0) is 130 Å². The Bertz CT molecular complexity index is 734. The molecule has 0 aromatic rings. The Morgan fingerprint density at radius 2 is 1.62 bits per heavy atom. The van der Waals surface area contributed by atoms with E-state index < -0.39 is 8.32 Å². The second-order valence-corrected chi connectivity index (χ2v) is 19.5. The highest BCUT2D eigenvalue weighted by atomic mass is 28.4. The first-order chi connectivity index (χ1) is 15.9. The van der Waals surface area contributed by atoms with Gasteiger partial charge >= 0.3 is 0 Å². The molecule has 0 bridgehead atoms. The van der Waals surface area contributed by atoms with Gasteiger partial charge in [0.2, 0.25) is 0 Å². The third kappa shape index (κ3) is 5.03. The molecule has 9 atom stereocenters. The Morgan fingerprint density at radius 3 is 2.26 bits per heavy atom. The number of rotatable bonds is 8. The Kier molecular flexibility index (Phi) is 7.93. The maximum Gasteiger partial charge on any atom is 0.184 e. The molecule has 1 nitrogen and oxygen atoms in total. The zero-order valence-electron chi connectivity index (χ0n) is 24.4. The predicted octanol–water partition coefficient (Wildman–Crippen LogP) is 9.88. The third-order valence-corrected chi connectivity index (χ3v) is 12.8. The van der Waals surface area contributed by atoms with Crippen molar-refractivity contribution < 1.29 is 4.43 Å². The van der Waals surface area contributed by atoms with Gasteiger partial charge in [-0.15, -0.1) is 0 Å². The maximum atomic E-state index is 6.62. The molecule has 196 valence electrons. The van der Waals surface area contributed by atoms with Crippen LogP contribution in [0.5, 0.6) is 0 Å². The van der Waals surface area contributed by atoms with Crippen molar-refractivity contribution in [3.05, 3.63) is 11.6 Å². The Hall–Kier alpha value is -0.0831. The lowest BCUT2D eigenvalue weighted by molar-refractivity contribution is -0.0385. The quantitative estimate of drug-likeness (QED) is 0.245. The summed E-state index contributed by atoms with van der Waals surface area (Å²) in [4.78, 5) is 0. The van der Waals surface area contributed by atoms with E-state index in [4.69, 9.17) is 4.43 Å². The van der Waals surface area contributed by atoms with Gasteiger partial charge in [0, 0.05) is 6.10 Å². The molecular weight excluding hydrogens is 428 g/mol. The SMILES string of the molecule is CC[C@H](CC[C@@H](C)[C@H]1CCC2C3=CC[C@H]4C[C@@H](O[Si](C)(C)C)CC[C@]4(C)C3CC[C@@]21C)C(C)C. The van der Waals surface area contributed by atoms with Crippen molar-refractivity contribution >= 4 is 8.32 Å². The lowest BCUT2D eigenvalue weighted by Gasteiger charge is -2.58. The molecule has 3 fully saturated rings. The zero-order chi connectivity index (χ0) is 24.9. The van der Waals surface area contributed by atoms with Gasteiger partial charge in [0.25, 0.3) is 0 Å². The van der Waals surface area contributed by atoms with Gasteiger partial charge in [-0.1, -0.05) is 66.0 Å². The average molecular weight is 487 g/mol. The summed E-state index contributed by atoms with van der Waals surface area (Å²) in [5.41, 5.74) is 3.02. The van der Waals surface area contributed by atoms with Crippen LogP contribution in [0.4, 0.5) is 0 Å². The van der Waals surface area contributed by atoms with Crippen molar-refractivity contribution in [2.75, 3.05) is 0 Å². The molecular formula is C32H58OSi. The normalized spacial score (nSPS) is 41.9. The molecule has 2 heteroatoms. The van der Waals surface area contributed by atoms with Gasteiger partial charge in [-0.3, -0.25) is 0 Å². The smallest absolute Gasteiger partial charge is 0.184 e. The van der Waals surface area contributed by atoms with Crippen LogP contribution in [0.2, 0.25) is 19.6 Å². The minimum absolute atomic E-state index is 0.528. The predicted molar refractivity (Wildman–Crippen MR) is 150 cm³/mol. The van der Waals surface area contributed by atoms with E-state index in [9.17, 15) is 0 Å².